The van der Waals surface area contributed by atoms with E-state index in [4.69, 9.17) is 16.3 Å². The Morgan fingerprint density at radius 1 is 1.50 bits per heavy atom. The minimum absolute atomic E-state index is 0.113. The standard InChI is InChI=1S/C6H8N6O2/c1-14-6-9-2-3(7)10-5(13)11-4(2)12(6)8/h8H2,1H3,(H3,7,10,11,13). The molecule has 2 aromatic heterocycles. The molecular formula is C6H8N6O2. The lowest BCUT2D eigenvalue weighted by molar-refractivity contribution is 0.372. The molecule has 0 saturated heterocycles. The minimum Gasteiger partial charge on any atom is -0.467 e. The second kappa shape index (κ2) is 2.62. The summed E-state index contributed by atoms with van der Waals surface area (Å²) in [5.41, 5.74) is 5.42. The van der Waals surface area contributed by atoms with Crippen molar-refractivity contribution in [2.24, 2.45) is 0 Å². The molecular weight excluding hydrogens is 188 g/mol. The van der Waals surface area contributed by atoms with Crippen LogP contribution in [-0.4, -0.2) is 26.7 Å². The lowest BCUT2D eigenvalue weighted by Gasteiger charge is -1.97. The third kappa shape index (κ3) is 0.969. The van der Waals surface area contributed by atoms with Crippen LogP contribution in [-0.2, 0) is 0 Å². The topological polar surface area (TPSA) is 125 Å². The summed E-state index contributed by atoms with van der Waals surface area (Å²) >= 11 is 0. The van der Waals surface area contributed by atoms with Gasteiger partial charge in [0, 0.05) is 0 Å². The molecule has 8 heteroatoms. The predicted molar refractivity (Wildman–Crippen MR) is 49.3 cm³/mol. The van der Waals surface area contributed by atoms with Gasteiger partial charge in [0.1, 0.15) is 5.82 Å². The lowest BCUT2D eigenvalue weighted by Crippen LogP contribution is -2.17. The van der Waals surface area contributed by atoms with Gasteiger partial charge in [-0.2, -0.15) is 14.6 Å². The SMILES string of the molecule is COc1nc2c(N)[nH]c(=O)nc2n1N. The number of anilines is 1. The molecule has 0 aliphatic rings. The number of hydrogen-bond acceptors (Lipinski definition) is 6. The largest absolute Gasteiger partial charge is 0.467 e. The van der Waals surface area contributed by atoms with Crippen LogP contribution in [0.3, 0.4) is 0 Å². The van der Waals surface area contributed by atoms with Crippen molar-refractivity contribution < 1.29 is 4.74 Å². The van der Waals surface area contributed by atoms with Crippen molar-refractivity contribution in [2.75, 3.05) is 18.7 Å². The minimum atomic E-state index is -0.579. The van der Waals surface area contributed by atoms with Crippen LogP contribution in [0.1, 0.15) is 0 Å². The summed E-state index contributed by atoms with van der Waals surface area (Å²) in [5, 5.41) is 0. The fraction of sp³-hybridized carbons (Fsp3) is 0.167. The molecule has 0 amide bonds. The van der Waals surface area contributed by atoms with Crippen molar-refractivity contribution in [1.82, 2.24) is 19.6 Å². The number of imidazole rings is 1. The van der Waals surface area contributed by atoms with Crippen molar-refractivity contribution in [3.05, 3.63) is 10.5 Å². The van der Waals surface area contributed by atoms with Crippen molar-refractivity contribution in [3.8, 4) is 6.01 Å². The zero-order chi connectivity index (χ0) is 10.3. The van der Waals surface area contributed by atoms with Crippen molar-refractivity contribution in [3.63, 3.8) is 0 Å². The summed E-state index contributed by atoms with van der Waals surface area (Å²) in [6.07, 6.45) is 0. The first-order valence-electron chi connectivity index (χ1n) is 3.71. The Balaban J connectivity index is 2.92. The zero-order valence-corrected chi connectivity index (χ0v) is 7.31. The van der Waals surface area contributed by atoms with Crippen LogP contribution in [0.15, 0.2) is 4.79 Å². The Bertz CT molecular complexity index is 541. The molecule has 0 saturated carbocycles. The number of aromatic amines is 1. The van der Waals surface area contributed by atoms with Gasteiger partial charge in [0.15, 0.2) is 11.2 Å². The molecule has 8 nitrogen and oxygen atoms in total. The highest BCUT2D eigenvalue weighted by molar-refractivity contribution is 5.82. The van der Waals surface area contributed by atoms with Gasteiger partial charge >= 0.3 is 11.7 Å². The molecule has 0 spiro atoms. The van der Waals surface area contributed by atoms with Crippen LogP contribution in [0.2, 0.25) is 0 Å². The fourth-order valence-electron chi connectivity index (χ4n) is 1.13. The van der Waals surface area contributed by atoms with Crippen molar-refractivity contribution >= 4 is 17.0 Å². The summed E-state index contributed by atoms with van der Waals surface area (Å²) < 4.78 is 5.90. The van der Waals surface area contributed by atoms with Crippen LogP contribution in [0, 0.1) is 0 Å². The van der Waals surface area contributed by atoms with E-state index in [0.717, 1.165) is 4.68 Å². The molecule has 0 fully saturated rings. The molecule has 0 radical (unpaired) electrons. The van der Waals surface area contributed by atoms with Crippen LogP contribution >= 0.6 is 0 Å². The Morgan fingerprint density at radius 3 is 2.86 bits per heavy atom. The van der Waals surface area contributed by atoms with Crippen molar-refractivity contribution in [1.29, 1.82) is 0 Å². The van der Waals surface area contributed by atoms with Gasteiger partial charge in [-0.05, 0) is 0 Å². The Hall–Kier alpha value is -2.25. The summed E-state index contributed by atoms with van der Waals surface area (Å²) in [7, 11) is 1.41. The average molecular weight is 196 g/mol. The number of rotatable bonds is 1. The molecule has 0 bridgehead atoms. The summed E-state index contributed by atoms with van der Waals surface area (Å²) in [4.78, 5) is 20.8. The molecule has 0 aliphatic heterocycles. The molecule has 74 valence electrons. The monoisotopic (exact) mass is 196 g/mol. The van der Waals surface area contributed by atoms with E-state index in [1.165, 1.54) is 7.11 Å². The van der Waals surface area contributed by atoms with E-state index in [2.05, 4.69) is 15.0 Å². The molecule has 0 unspecified atom stereocenters. The van der Waals surface area contributed by atoms with Gasteiger partial charge < -0.3 is 16.3 Å². The number of H-pyrrole nitrogens is 1. The quantitative estimate of drug-likeness (QED) is 0.473. The zero-order valence-electron chi connectivity index (χ0n) is 7.31. The maximum absolute atomic E-state index is 11.0. The number of nitrogens with two attached hydrogens (primary N) is 2. The molecule has 14 heavy (non-hydrogen) atoms. The normalized spacial score (nSPS) is 10.6. The van der Waals surface area contributed by atoms with Crippen molar-refractivity contribution in [2.45, 2.75) is 0 Å². The highest BCUT2D eigenvalue weighted by Gasteiger charge is 2.13. The number of methoxy groups -OCH3 is 1. The highest BCUT2D eigenvalue weighted by atomic mass is 16.5. The lowest BCUT2D eigenvalue weighted by atomic mass is 10.5. The molecule has 0 aliphatic carbocycles. The van der Waals surface area contributed by atoms with Gasteiger partial charge in [-0.25, -0.2) is 4.79 Å². The first kappa shape index (κ1) is 8.35. The highest BCUT2D eigenvalue weighted by Crippen LogP contribution is 2.17. The Kier molecular flexibility index (Phi) is 1.56. The van der Waals surface area contributed by atoms with Crippen LogP contribution in [0.4, 0.5) is 5.82 Å². The third-order valence-electron chi connectivity index (χ3n) is 1.74. The van der Waals surface area contributed by atoms with Crippen LogP contribution in [0.5, 0.6) is 6.01 Å². The van der Waals surface area contributed by atoms with E-state index in [0.29, 0.717) is 5.52 Å². The molecule has 5 N–H and O–H groups in total. The average Bonchev–Trinajstić information content (AvgIpc) is 2.44. The summed E-state index contributed by atoms with van der Waals surface area (Å²) in [6.45, 7) is 0. The predicted octanol–water partition coefficient (Wildman–Crippen LogP) is -1.58. The Morgan fingerprint density at radius 2 is 2.21 bits per heavy atom. The number of ether oxygens (including phenoxy) is 1. The number of fused-ring (bicyclic) bond motifs is 1. The van der Waals surface area contributed by atoms with Gasteiger partial charge in [-0.15, -0.1) is 0 Å². The van der Waals surface area contributed by atoms with Gasteiger partial charge in [0.05, 0.1) is 7.11 Å². The van der Waals surface area contributed by atoms with E-state index in [9.17, 15) is 4.79 Å². The van der Waals surface area contributed by atoms with E-state index < -0.39 is 5.69 Å². The number of hydrogen-bond donors (Lipinski definition) is 3. The van der Waals surface area contributed by atoms with E-state index >= 15 is 0 Å². The number of nitrogens with zero attached hydrogens (tertiary/aromatic N) is 3. The second-order valence-corrected chi connectivity index (χ2v) is 2.60. The van der Waals surface area contributed by atoms with E-state index in [1.54, 1.807) is 0 Å². The number of aromatic nitrogens is 4. The van der Waals surface area contributed by atoms with Crippen LogP contribution < -0.4 is 22.0 Å². The molecule has 2 heterocycles. The van der Waals surface area contributed by atoms with Gasteiger partial charge in [0.25, 0.3) is 0 Å². The van der Waals surface area contributed by atoms with Gasteiger partial charge in [-0.1, -0.05) is 0 Å². The second-order valence-electron chi connectivity index (χ2n) is 2.60. The first-order chi connectivity index (χ1) is 6.63. The first-order valence-corrected chi connectivity index (χ1v) is 3.71. The van der Waals surface area contributed by atoms with Crippen LogP contribution in [0.25, 0.3) is 11.2 Å². The van der Waals surface area contributed by atoms with Gasteiger partial charge in [-0.3, -0.25) is 4.98 Å². The van der Waals surface area contributed by atoms with Gasteiger partial charge in [0.2, 0.25) is 0 Å². The molecule has 0 aromatic carbocycles. The Labute approximate surface area is 77.5 Å². The molecule has 2 rings (SSSR count). The van der Waals surface area contributed by atoms with E-state index in [-0.39, 0.29) is 17.5 Å². The summed E-state index contributed by atoms with van der Waals surface area (Å²) in [5.74, 6) is 5.66. The maximum Gasteiger partial charge on any atom is 0.348 e. The number of nitrogen functional groups attached to an aromatic ring is 2. The van der Waals surface area contributed by atoms with E-state index in [1.807, 2.05) is 0 Å². The summed E-state index contributed by atoms with van der Waals surface area (Å²) in [6, 6.07) is 0.137. The number of nitrogens with one attached hydrogen (secondary N) is 1. The molecule has 2 aromatic rings. The fourth-order valence-corrected chi connectivity index (χ4v) is 1.13. The third-order valence-corrected chi connectivity index (χ3v) is 1.74. The maximum atomic E-state index is 11.0. The smallest absolute Gasteiger partial charge is 0.348 e. The molecule has 0 atom stereocenters.